The van der Waals surface area contributed by atoms with Gasteiger partial charge in [-0.25, -0.2) is 0 Å². The van der Waals surface area contributed by atoms with Gasteiger partial charge in [-0.1, -0.05) is 19.3 Å². The van der Waals surface area contributed by atoms with Crippen molar-refractivity contribution in [2.45, 2.75) is 57.4 Å². The van der Waals surface area contributed by atoms with E-state index in [0.717, 1.165) is 23.8 Å². The summed E-state index contributed by atoms with van der Waals surface area (Å²) in [7, 11) is 0. The molecule has 0 heterocycles. The van der Waals surface area contributed by atoms with E-state index in [-0.39, 0.29) is 0 Å². The van der Waals surface area contributed by atoms with Crippen molar-refractivity contribution in [2.75, 3.05) is 6.54 Å². The topological polar surface area (TPSA) is 12.0 Å². The van der Waals surface area contributed by atoms with Gasteiger partial charge >= 0.3 is 0 Å². The van der Waals surface area contributed by atoms with Gasteiger partial charge in [0.2, 0.25) is 0 Å². The Labute approximate surface area is 87.7 Å². The molecule has 2 atom stereocenters. The van der Waals surface area contributed by atoms with Crippen LogP contribution in [0.3, 0.4) is 0 Å². The molecule has 0 spiro atoms. The van der Waals surface area contributed by atoms with Crippen molar-refractivity contribution >= 4 is 0 Å². The Morgan fingerprint density at radius 1 is 0.857 bits per heavy atom. The highest BCUT2D eigenvalue weighted by atomic mass is 14.9. The maximum Gasteiger partial charge on any atom is 0.00671 e. The molecule has 1 heteroatoms. The predicted molar refractivity (Wildman–Crippen MR) is 59.2 cm³/mol. The first-order valence-electron chi connectivity index (χ1n) is 6.65. The van der Waals surface area contributed by atoms with Gasteiger partial charge in [-0.05, 0) is 56.4 Å². The molecular weight excluding hydrogens is 170 g/mol. The number of rotatable bonds is 3. The molecule has 14 heavy (non-hydrogen) atoms. The maximum absolute atomic E-state index is 3.80. The third-order valence-corrected chi connectivity index (χ3v) is 4.64. The number of hydrogen-bond donors (Lipinski definition) is 1. The van der Waals surface area contributed by atoms with Crippen LogP contribution >= 0.6 is 0 Å². The van der Waals surface area contributed by atoms with E-state index in [2.05, 4.69) is 5.32 Å². The molecule has 80 valence electrons. The number of nitrogens with one attached hydrogen (secondary N) is 1. The number of hydrogen-bond acceptors (Lipinski definition) is 1. The van der Waals surface area contributed by atoms with Crippen molar-refractivity contribution in [1.82, 2.24) is 5.32 Å². The molecule has 0 aromatic carbocycles. The van der Waals surface area contributed by atoms with Crippen LogP contribution in [-0.4, -0.2) is 12.6 Å². The molecule has 0 radical (unpaired) electrons. The van der Waals surface area contributed by atoms with Gasteiger partial charge in [-0.15, -0.1) is 0 Å². The van der Waals surface area contributed by atoms with Crippen LogP contribution in [0.15, 0.2) is 0 Å². The average Bonchev–Trinajstić information content (AvgIpc) is 2.85. The molecule has 3 aliphatic rings. The van der Waals surface area contributed by atoms with Crippen molar-refractivity contribution in [1.29, 1.82) is 0 Å². The second-order valence-electron chi connectivity index (χ2n) is 5.84. The highest BCUT2D eigenvalue weighted by Crippen LogP contribution is 2.54. The lowest BCUT2D eigenvalue weighted by Gasteiger charge is -2.24. The molecule has 3 aliphatic carbocycles. The first-order chi connectivity index (χ1) is 6.92. The van der Waals surface area contributed by atoms with Crippen LogP contribution in [0.25, 0.3) is 0 Å². The predicted octanol–water partition coefficient (Wildman–Crippen LogP) is 2.95. The zero-order valence-corrected chi connectivity index (χ0v) is 9.17. The Morgan fingerprint density at radius 3 is 2.29 bits per heavy atom. The van der Waals surface area contributed by atoms with Crippen molar-refractivity contribution < 1.29 is 0 Å². The molecule has 0 bridgehead atoms. The molecule has 3 rings (SSSR count). The second-order valence-corrected chi connectivity index (χ2v) is 5.84. The lowest BCUT2D eigenvalue weighted by molar-refractivity contribution is 0.339. The lowest BCUT2D eigenvalue weighted by Crippen LogP contribution is -2.34. The summed E-state index contributed by atoms with van der Waals surface area (Å²) >= 11 is 0. The van der Waals surface area contributed by atoms with E-state index >= 15 is 0 Å². The smallest absolute Gasteiger partial charge is 0.00671 e. The van der Waals surface area contributed by atoms with Crippen molar-refractivity contribution in [3.63, 3.8) is 0 Å². The Bertz CT molecular complexity index is 183. The highest BCUT2D eigenvalue weighted by Gasteiger charge is 2.45. The van der Waals surface area contributed by atoms with Crippen LogP contribution in [0.5, 0.6) is 0 Å². The normalized spacial score (nSPS) is 42.4. The Balaban J connectivity index is 1.36. The van der Waals surface area contributed by atoms with Crippen LogP contribution < -0.4 is 5.32 Å². The largest absolute Gasteiger partial charge is 0.314 e. The SMILES string of the molecule is C1CCC(NCC2CC3CC3C2)CC1. The van der Waals surface area contributed by atoms with Crippen molar-refractivity contribution in [3.8, 4) is 0 Å². The zero-order valence-electron chi connectivity index (χ0n) is 9.17. The van der Waals surface area contributed by atoms with Gasteiger partial charge in [0.1, 0.15) is 0 Å². The van der Waals surface area contributed by atoms with Crippen molar-refractivity contribution in [2.24, 2.45) is 17.8 Å². The van der Waals surface area contributed by atoms with E-state index in [1.807, 2.05) is 0 Å². The second kappa shape index (κ2) is 3.84. The lowest BCUT2D eigenvalue weighted by atomic mass is 9.94. The zero-order chi connectivity index (χ0) is 9.38. The van der Waals surface area contributed by atoms with E-state index < -0.39 is 0 Å². The minimum Gasteiger partial charge on any atom is -0.314 e. The van der Waals surface area contributed by atoms with Gasteiger partial charge in [0.05, 0.1) is 0 Å². The molecular formula is C13H23N. The fraction of sp³-hybridized carbons (Fsp3) is 1.00. The molecule has 3 saturated carbocycles. The van der Waals surface area contributed by atoms with Crippen LogP contribution in [0.1, 0.15) is 51.4 Å². The first kappa shape index (κ1) is 9.21. The van der Waals surface area contributed by atoms with E-state index in [0.29, 0.717) is 0 Å². The molecule has 0 saturated heterocycles. The molecule has 1 N–H and O–H groups in total. The van der Waals surface area contributed by atoms with Crippen LogP contribution in [-0.2, 0) is 0 Å². The quantitative estimate of drug-likeness (QED) is 0.726. The van der Waals surface area contributed by atoms with E-state index in [4.69, 9.17) is 0 Å². The summed E-state index contributed by atoms with van der Waals surface area (Å²) in [5.74, 6) is 3.36. The molecule has 0 aromatic rings. The summed E-state index contributed by atoms with van der Waals surface area (Å²) in [4.78, 5) is 0. The van der Waals surface area contributed by atoms with Gasteiger partial charge in [0.25, 0.3) is 0 Å². The Morgan fingerprint density at radius 2 is 1.57 bits per heavy atom. The monoisotopic (exact) mass is 193 g/mol. The van der Waals surface area contributed by atoms with Crippen molar-refractivity contribution in [3.05, 3.63) is 0 Å². The minimum atomic E-state index is 0.876. The van der Waals surface area contributed by atoms with Gasteiger partial charge in [0, 0.05) is 6.04 Å². The molecule has 0 aliphatic heterocycles. The fourth-order valence-corrected chi connectivity index (χ4v) is 3.65. The summed E-state index contributed by atoms with van der Waals surface area (Å²) in [5, 5.41) is 3.80. The summed E-state index contributed by atoms with van der Waals surface area (Å²) in [5.41, 5.74) is 0. The summed E-state index contributed by atoms with van der Waals surface area (Å²) < 4.78 is 0. The molecule has 0 aromatic heterocycles. The fourth-order valence-electron chi connectivity index (χ4n) is 3.65. The van der Waals surface area contributed by atoms with E-state index in [1.54, 1.807) is 19.3 Å². The summed E-state index contributed by atoms with van der Waals surface area (Å²) in [6.07, 6.45) is 12.0. The Kier molecular flexibility index (Phi) is 2.53. The summed E-state index contributed by atoms with van der Waals surface area (Å²) in [6, 6.07) is 0.876. The average molecular weight is 193 g/mol. The molecule has 2 unspecified atom stereocenters. The van der Waals surface area contributed by atoms with Gasteiger partial charge in [-0.3, -0.25) is 0 Å². The van der Waals surface area contributed by atoms with Crippen LogP contribution in [0.4, 0.5) is 0 Å². The number of fused-ring (bicyclic) bond motifs is 1. The molecule has 3 fully saturated rings. The third-order valence-electron chi connectivity index (χ3n) is 4.64. The molecule has 1 nitrogen and oxygen atoms in total. The highest BCUT2D eigenvalue weighted by molar-refractivity contribution is 4.96. The van der Waals surface area contributed by atoms with E-state index in [9.17, 15) is 0 Å². The Hall–Kier alpha value is -0.0400. The minimum absolute atomic E-state index is 0.876. The molecule has 0 amide bonds. The standard InChI is InChI=1S/C13H23N/c1-2-4-13(5-3-1)14-9-10-6-11-8-12(11)7-10/h10-14H,1-9H2. The summed E-state index contributed by atoms with van der Waals surface area (Å²) in [6.45, 7) is 1.33. The van der Waals surface area contributed by atoms with Crippen LogP contribution in [0.2, 0.25) is 0 Å². The maximum atomic E-state index is 3.80. The van der Waals surface area contributed by atoms with Gasteiger partial charge < -0.3 is 5.32 Å². The van der Waals surface area contributed by atoms with Crippen LogP contribution in [0, 0.1) is 17.8 Å². The third kappa shape index (κ3) is 1.98. The van der Waals surface area contributed by atoms with Gasteiger partial charge in [-0.2, -0.15) is 0 Å². The van der Waals surface area contributed by atoms with E-state index in [1.165, 1.54) is 38.6 Å². The van der Waals surface area contributed by atoms with Gasteiger partial charge in [0.15, 0.2) is 0 Å². The first-order valence-corrected chi connectivity index (χ1v) is 6.65.